The minimum absolute atomic E-state index is 0.641. The number of hydrogen-bond acceptors (Lipinski definition) is 1. The Morgan fingerprint density at radius 1 is 1.08 bits per heavy atom. The van der Waals surface area contributed by atoms with Gasteiger partial charge in [-0.15, -0.1) is 0 Å². The van der Waals surface area contributed by atoms with Gasteiger partial charge in [0, 0.05) is 12.2 Å². The van der Waals surface area contributed by atoms with Crippen LogP contribution in [0.25, 0.3) is 0 Å². The molecule has 1 fully saturated rings. The molecule has 2 rings (SSSR count). The molecule has 13 heavy (non-hydrogen) atoms. The number of hydrogen-bond donors (Lipinski definition) is 1. The SMILES string of the molecule is CC1=C(C)NCC2(CCCCC2)C1. The normalized spacial score (nSPS) is 27.5. The Morgan fingerprint density at radius 3 is 2.38 bits per heavy atom. The van der Waals surface area contributed by atoms with E-state index in [0.717, 1.165) is 0 Å². The van der Waals surface area contributed by atoms with Crippen molar-refractivity contribution < 1.29 is 0 Å². The maximum atomic E-state index is 3.57. The van der Waals surface area contributed by atoms with Gasteiger partial charge >= 0.3 is 0 Å². The van der Waals surface area contributed by atoms with Gasteiger partial charge in [-0.1, -0.05) is 24.8 Å². The summed E-state index contributed by atoms with van der Waals surface area (Å²) in [6.07, 6.45) is 8.62. The van der Waals surface area contributed by atoms with Crippen molar-refractivity contribution in [3.05, 3.63) is 11.3 Å². The van der Waals surface area contributed by atoms with Crippen LogP contribution in [0.1, 0.15) is 52.4 Å². The molecule has 74 valence electrons. The monoisotopic (exact) mass is 179 g/mol. The van der Waals surface area contributed by atoms with E-state index in [1.54, 1.807) is 5.57 Å². The van der Waals surface area contributed by atoms with Crippen molar-refractivity contribution in [3.8, 4) is 0 Å². The summed E-state index contributed by atoms with van der Waals surface area (Å²) in [6, 6.07) is 0. The smallest absolute Gasteiger partial charge is 0.0203 e. The summed E-state index contributed by atoms with van der Waals surface area (Å²) in [5, 5.41) is 3.57. The molecule has 1 heterocycles. The van der Waals surface area contributed by atoms with E-state index in [1.807, 2.05) is 0 Å². The van der Waals surface area contributed by atoms with Gasteiger partial charge in [-0.3, -0.25) is 0 Å². The largest absolute Gasteiger partial charge is 0.388 e. The molecule has 0 bridgehead atoms. The van der Waals surface area contributed by atoms with Crippen LogP contribution in [0.4, 0.5) is 0 Å². The standard InChI is InChI=1S/C12H21N/c1-10-8-12(9-13-11(10)2)6-4-3-5-7-12/h13H,3-9H2,1-2H3. The average Bonchev–Trinajstić information content (AvgIpc) is 2.14. The Hall–Kier alpha value is -0.460. The molecule has 1 saturated carbocycles. The molecule has 1 spiro atoms. The number of rotatable bonds is 0. The Balaban J connectivity index is 2.09. The molecule has 0 aromatic rings. The van der Waals surface area contributed by atoms with Crippen LogP contribution < -0.4 is 5.32 Å². The second-order valence-electron chi connectivity index (χ2n) is 5.00. The maximum absolute atomic E-state index is 3.57. The topological polar surface area (TPSA) is 12.0 Å². The first-order valence-electron chi connectivity index (χ1n) is 5.62. The second kappa shape index (κ2) is 3.36. The van der Waals surface area contributed by atoms with Crippen molar-refractivity contribution in [1.29, 1.82) is 0 Å². The lowest BCUT2D eigenvalue weighted by atomic mass is 9.69. The summed E-state index contributed by atoms with van der Waals surface area (Å²) in [7, 11) is 0. The van der Waals surface area contributed by atoms with E-state index in [9.17, 15) is 0 Å². The first-order chi connectivity index (χ1) is 6.22. The Morgan fingerprint density at radius 2 is 1.77 bits per heavy atom. The van der Waals surface area contributed by atoms with Crippen LogP contribution in [0, 0.1) is 5.41 Å². The number of nitrogens with one attached hydrogen (secondary N) is 1. The zero-order valence-electron chi connectivity index (χ0n) is 8.95. The van der Waals surface area contributed by atoms with Gasteiger partial charge in [0.05, 0.1) is 0 Å². The highest BCUT2D eigenvalue weighted by atomic mass is 14.9. The third-order valence-electron chi connectivity index (χ3n) is 3.92. The predicted octanol–water partition coefficient (Wildman–Crippen LogP) is 3.22. The molecule has 0 atom stereocenters. The average molecular weight is 179 g/mol. The van der Waals surface area contributed by atoms with Crippen molar-refractivity contribution in [2.75, 3.05) is 6.54 Å². The third-order valence-corrected chi connectivity index (χ3v) is 3.92. The molecule has 0 aromatic heterocycles. The van der Waals surface area contributed by atoms with Gasteiger partial charge in [0.1, 0.15) is 0 Å². The minimum atomic E-state index is 0.641. The molecule has 0 radical (unpaired) electrons. The zero-order chi connectivity index (χ0) is 9.31. The first kappa shape index (κ1) is 9.11. The van der Waals surface area contributed by atoms with E-state index >= 15 is 0 Å². The molecule has 0 unspecified atom stereocenters. The summed E-state index contributed by atoms with van der Waals surface area (Å²) in [5.74, 6) is 0. The van der Waals surface area contributed by atoms with Crippen molar-refractivity contribution in [2.45, 2.75) is 52.4 Å². The highest BCUT2D eigenvalue weighted by Crippen LogP contribution is 2.43. The van der Waals surface area contributed by atoms with E-state index < -0.39 is 0 Å². The van der Waals surface area contributed by atoms with E-state index in [4.69, 9.17) is 0 Å². The fourth-order valence-corrected chi connectivity index (χ4v) is 2.88. The van der Waals surface area contributed by atoms with Crippen LogP contribution in [0.2, 0.25) is 0 Å². The van der Waals surface area contributed by atoms with Crippen molar-refractivity contribution in [2.24, 2.45) is 5.41 Å². The quantitative estimate of drug-likeness (QED) is 0.602. The van der Waals surface area contributed by atoms with Gasteiger partial charge in [0.15, 0.2) is 0 Å². The van der Waals surface area contributed by atoms with Crippen LogP contribution in [-0.4, -0.2) is 6.54 Å². The van der Waals surface area contributed by atoms with Gasteiger partial charge in [-0.2, -0.15) is 0 Å². The van der Waals surface area contributed by atoms with Crippen molar-refractivity contribution >= 4 is 0 Å². The third kappa shape index (κ3) is 1.74. The second-order valence-corrected chi connectivity index (χ2v) is 5.00. The molecule has 1 N–H and O–H groups in total. The van der Waals surface area contributed by atoms with E-state index in [1.165, 1.54) is 50.8 Å². The highest BCUT2D eigenvalue weighted by Gasteiger charge is 2.34. The van der Waals surface area contributed by atoms with E-state index in [2.05, 4.69) is 19.2 Å². The molecule has 2 aliphatic rings. The fraction of sp³-hybridized carbons (Fsp3) is 0.833. The lowest BCUT2D eigenvalue weighted by Crippen LogP contribution is -2.39. The lowest BCUT2D eigenvalue weighted by Gasteiger charge is -2.41. The molecule has 0 amide bonds. The summed E-state index contributed by atoms with van der Waals surface area (Å²) in [5.41, 5.74) is 3.66. The first-order valence-corrected chi connectivity index (χ1v) is 5.62. The number of allylic oxidation sites excluding steroid dienone is 2. The summed E-state index contributed by atoms with van der Waals surface area (Å²) < 4.78 is 0. The summed E-state index contributed by atoms with van der Waals surface area (Å²) in [6.45, 7) is 5.74. The van der Waals surface area contributed by atoms with Crippen LogP contribution in [-0.2, 0) is 0 Å². The Kier molecular flexibility index (Phi) is 2.35. The van der Waals surface area contributed by atoms with Crippen molar-refractivity contribution in [3.63, 3.8) is 0 Å². The maximum Gasteiger partial charge on any atom is 0.0203 e. The van der Waals surface area contributed by atoms with Gasteiger partial charge in [0.2, 0.25) is 0 Å². The molecule has 1 nitrogen and oxygen atoms in total. The van der Waals surface area contributed by atoms with Crippen LogP contribution in [0.3, 0.4) is 0 Å². The minimum Gasteiger partial charge on any atom is -0.388 e. The summed E-state index contributed by atoms with van der Waals surface area (Å²) >= 11 is 0. The zero-order valence-corrected chi connectivity index (χ0v) is 8.95. The fourth-order valence-electron chi connectivity index (χ4n) is 2.88. The Labute approximate surface area is 81.6 Å². The van der Waals surface area contributed by atoms with E-state index in [-0.39, 0.29) is 0 Å². The van der Waals surface area contributed by atoms with E-state index in [0.29, 0.717) is 5.41 Å². The molecule has 0 saturated heterocycles. The van der Waals surface area contributed by atoms with Gasteiger partial charge in [-0.25, -0.2) is 0 Å². The van der Waals surface area contributed by atoms with Crippen molar-refractivity contribution in [1.82, 2.24) is 5.32 Å². The molecule has 1 heteroatoms. The predicted molar refractivity (Wildman–Crippen MR) is 56.5 cm³/mol. The van der Waals surface area contributed by atoms with Gasteiger partial charge < -0.3 is 5.32 Å². The molecule has 1 aliphatic heterocycles. The van der Waals surface area contributed by atoms with Crippen LogP contribution in [0.15, 0.2) is 11.3 Å². The molecular weight excluding hydrogens is 158 g/mol. The lowest BCUT2D eigenvalue weighted by molar-refractivity contribution is 0.175. The Bertz CT molecular complexity index is 221. The molecule has 1 aliphatic carbocycles. The van der Waals surface area contributed by atoms with Crippen LogP contribution in [0.5, 0.6) is 0 Å². The molecule has 0 aromatic carbocycles. The van der Waals surface area contributed by atoms with Gasteiger partial charge in [-0.05, 0) is 38.5 Å². The highest BCUT2D eigenvalue weighted by molar-refractivity contribution is 5.15. The van der Waals surface area contributed by atoms with Crippen LogP contribution >= 0.6 is 0 Å². The van der Waals surface area contributed by atoms with Gasteiger partial charge in [0.25, 0.3) is 0 Å². The summed E-state index contributed by atoms with van der Waals surface area (Å²) in [4.78, 5) is 0. The molecular formula is C12H21N.